The third-order valence-electron chi connectivity index (χ3n) is 4.19. The van der Waals surface area contributed by atoms with Crippen molar-refractivity contribution in [2.75, 3.05) is 10.6 Å². The number of carbonyl (C=O) groups excluding carboxylic acids is 2. The Morgan fingerprint density at radius 1 is 1.06 bits per heavy atom. The van der Waals surface area contributed by atoms with Gasteiger partial charge in [-0.15, -0.1) is 0 Å². The Hall–Kier alpha value is -3.66. The van der Waals surface area contributed by atoms with Gasteiger partial charge in [0.1, 0.15) is 12.2 Å². The number of halogens is 4. The van der Waals surface area contributed by atoms with Crippen LogP contribution >= 0.6 is 11.6 Å². The van der Waals surface area contributed by atoms with Crippen LogP contribution in [0.5, 0.6) is 0 Å². The fourth-order valence-electron chi connectivity index (χ4n) is 2.80. The van der Waals surface area contributed by atoms with Gasteiger partial charge in [-0.25, -0.2) is 4.68 Å². The first-order valence-electron chi connectivity index (χ1n) is 9.16. The molecule has 0 aliphatic heterocycles. The van der Waals surface area contributed by atoms with Crippen molar-refractivity contribution < 1.29 is 22.8 Å². The lowest BCUT2D eigenvalue weighted by molar-refractivity contribution is -0.137. The summed E-state index contributed by atoms with van der Waals surface area (Å²) in [6, 6.07) is 11.9. The van der Waals surface area contributed by atoms with E-state index in [-0.39, 0.29) is 17.1 Å². The summed E-state index contributed by atoms with van der Waals surface area (Å²) >= 11 is 5.88. The smallest absolute Gasteiger partial charge is 0.324 e. The molecule has 0 unspecified atom stereocenters. The van der Waals surface area contributed by atoms with Gasteiger partial charge in [-0.05, 0) is 36.4 Å². The SMILES string of the molecule is CC(=O)Nc1cc(-c2ccc(Cl)cc2)nn(CC(=O)Nc2cccc(C(F)(F)F)c2)c1=O. The zero-order valence-corrected chi connectivity index (χ0v) is 17.3. The van der Waals surface area contributed by atoms with Crippen LogP contribution in [-0.2, 0) is 22.3 Å². The number of rotatable bonds is 5. The molecular weight excluding hydrogens is 449 g/mol. The first kappa shape index (κ1) is 23.0. The Morgan fingerprint density at radius 2 is 1.75 bits per heavy atom. The second kappa shape index (κ2) is 9.23. The molecule has 166 valence electrons. The molecule has 2 aromatic carbocycles. The van der Waals surface area contributed by atoms with E-state index in [1.54, 1.807) is 24.3 Å². The third-order valence-corrected chi connectivity index (χ3v) is 4.44. The van der Waals surface area contributed by atoms with Crippen molar-refractivity contribution in [1.29, 1.82) is 0 Å². The quantitative estimate of drug-likeness (QED) is 0.592. The molecular formula is C21H16ClF3N4O3. The Bertz CT molecular complexity index is 1220. The highest BCUT2D eigenvalue weighted by atomic mass is 35.5. The number of carbonyl (C=O) groups is 2. The number of nitrogens with one attached hydrogen (secondary N) is 2. The first-order valence-corrected chi connectivity index (χ1v) is 9.53. The number of hydrogen-bond donors (Lipinski definition) is 2. The number of aromatic nitrogens is 2. The topological polar surface area (TPSA) is 93.1 Å². The molecule has 0 aliphatic carbocycles. The van der Waals surface area contributed by atoms with Crippen molar-refractivity contribution in [3.63, 3.8) is 0 Å². The number of nitrogens with zero attached hydrogens (tertiary/aromatic N) is 2. The molecule has 0 radical (unpaired) electrons. The monoisotopic (exact) mass is 464 g/mol. The van der Waals surface area contributed by atoms with E-state index >= 15 is 0 Å². The van der Waals surface area contributed by atoms with E-state index in [2.05, 4.69) is 15.7 Å². The largest absolute Gasteiger partial charge is 0.416 e. The average molecular weight is 465 g/mol. The number of alkyl halides is 3. The van der Waals surface area contributed by atoms with E-state index in [4.69, 9.17) is 11.6 Å². The van der Waals surface area contributed by atoms with Gasteiger partial charge in [0, 0.05) is 23.2 Å². The maximum absolute atomic E-state index is 12.9. The first-order chi connectivity index (χ1) is 15.0. The minimum Gasteiger partial charge on any atom is -0.324 e. The molecule has 0 aliphatic rings. The van der Waals surface area contributed by atoms with Crippen molar-refractivity contribution in [1.82, 2.24) is 9.78 Å². The number of benzene rings is 2. The molecule has 3 aromatic rings. The van der Waals surface area contributed by atoms with Gasteiger partial charge in [0.2, 0.25) is 11.8 Å². The highest BCUT2D eigenvalue weighted by molar-refractivity contribution is 6.30. The Labute approximate surface area is 184 Å². The molecule has 2 N–H and O–H groups in total. The second-order valence-corrected chi connectivity index (χ2v) is 7.16. The predicted octanol–water partition coefficient (Wildman–Crippen LogP) is 4.18. The molecule has 7 nitrogen and oxygen atoms in total. The highest BCUT2D eigenvalue weighted by Gasteiger charge is 2.30. The van der Waals surface area contributed by atoms with Crippen LogP contribution in [0.15, 0.2) is 59.4 Å². The van der Waals surface area contributed by atoms with Gasteiger partial charge in [0.05, 0.1) is 11.3 Å². The van der Waals surface area contributed by atoms with Crippen LogP contribution in [0.3, 0.4) is 0 Å². The normalized spacial score (nSPS) is 11.2. The summed E-state index contributed by atoms with van der Waals surface area (Å²) in [6.45, 7) is 0.621. The Kier molecular flexibility index (Phi) is 6.64. The summed E-state index contributed by atoms with van der Waals surface area (Å²) in [4.78, 5) is 36.6. The van der Waals surface area contributed by atoms with Crippen LogP contribution in [0, 0.1) is 0 Å². The molecule has 32 heavy (non-hydrogen) atoms. The maximum atomic E-state index is 12.9. The molecule has 1 heterocycles. The predicted molar refractivity (Wildman–Crippen MR) is 113 cm³/mol. The summed E-state index contributed by atoms with van der Waals surface area (Å²) in [6.07, 6.45) is -4.57. The van der Waals surface area contributed by atoms with E-state index in [0.717, 1.165) is 22.9 Å². The molecule has 0 atom stereocenters. The highest BCUT2D eigenvalue weighted by Crippen LogP contribution is 2.30. The van der Waals surface area contributed by atoms with Gasteiger partial charge in [-0.2, -0.15) is 18.3 Å². The fraction of sp³-hybridized carbons (Fsp3) is 0.143. The van der Waals surface area contributed by atoms with E-state index < -0.39 is 35.7 Å². The van der Waals surface area contributed by atoms with Crippen molar-refractivity contribution in [3.05, 3.63) is 75.5 Å². The van der Waals surface area contributed by atoms with Crippen LogP contribution < -0.4 is 16.2 Å². The van der Waals surface area contributed by atoms with Crippen molar-refractivity contribution in [3.8, 4) is 11.3 Å². The summed E-state index contributed by atoms with van der Waals surface area (Å²) in [5.74, 6) is -1.28. The minimum atomic E-state index is -4.57. The van der Waals surface area contributed by atoms with E-state index in [1.165, 1.54) is 19.1 Å². The molecule has 1 aromatic heterocycles. The third kappa shape index (κ3) is 5.73. The summed E-state index contributed by atoms with van der Waals surface area (Å²) in [7, 11) is 0. The van der Waals surface area contributed by atoms with Crippen LogP contribution in [0.1, 0.15) is 12.5 Å². The van der Waals surface area contributed by atoms with E-state index in [1.807, 2.05) is 0 Å². The molecule has 0 saturated carbocycles. The van der Waals surface area contributed by atoms with Crippen LogP contribution in [-0.4, -0.2) is 21.6 Å². The van der Waals surface area contributed by atoms with Gasteiger partial charge in [-0.3, -0.25) is 14.4 Å². The van der Waals surface area contributed by atoms with Crippen LogP contribution in [0.25, 0.3) is 11.3 Å². The van der Waals surface area contributed by atoms with E-state index in [9.17, 15) is 27.6 Å². The summed E-state index contributed by atoms with van der Waals surface area (Å²) in [5, 5.41) is 9.32. The Morgan fingerprint density at radius 3 is 2.38 bits per heavy atom. The maximum Gasteiger partial charge on any atom is 0.416 e. The lowest BCUT2D eigenvalue weighted by Crippen LogP contribution is -2.32. The fourth-order valence-corrected chi connectivity index (χ4v) is 2.93. The molecule has 2 amide bonds. The zero-order valence-electron chi connectivity index (χ0n) is 16.5. The van der Waals surface area contributed by atoms with Gasteiger partial charge in [-0.1, -0.05) is 29.8 Å². The van der Waals surface area contributed by atoms with E-state index in [0.29, 0.717) is 10.6 Å². The van der Waals surface area contributed by atoms with Crippen LogP contribution in [0.2, 0.25) is 5.02 Å². The summed E-state index contributed by atoms with van der Waals surface area (Å²) < 4.78 is 39.4. The molecule has 11 heteroatoms. The standard InChI is InChI=1S/C21H16ClF3N4O3/c1-12(30)26-18-10-17(13-5-7-15(22)8-6-13)28-29(20(18)32)11-19(31)27-16-4-2-3-14(9-16)21(23,24)25/h2-10H,11H2,1H3,(H,26,30)(H,27,31). The molecule has 0 fully saturated rings. The molecule has 3 rings (SSSR count). The van der Waals surface area contributed by atoms with Crippen molar-refractivity contribution in [2.24, 2.45) is 0 Å². The minimum absolute atomic E-state index is 0.0891. The second-order valence-electron chi connectivity index (χ2n) is 6.72. The van der Waals surface area contributed by atoms with Crippen molar-refractivity contribution in [2.45, 2.75) is 19.6 Å². The lowest BCUT2D eigenvalue weighted by atomic mass is 10.1. The van der Waals surface area contributed by atoms with Gasteiger partial charge >= 0.3 is 6.18 Å². The van der Waals surface area contributed by atoms with Gasteiger partial charge in [0.25, 0.3) is 5.56 Å². The molecule has 0 saturated heterocycles. The van der Waals surface area contributed by atoms with Crippen molar-refractivity contribution >= 4 is 34.8 Å². The number of hydrogen-bond acceptors (Lipinski definition) is 4. The number of anilines is 2. The van der Waals surface area contributed by atoms with Gasteiger partial charge in [0.15, 0.2) is 0 Å². The summed E-state index contributed by atoms with van der Waals surface area (Å²) in [5.41, 5.74) is -1.04. The number of amides is 2. The lowest BCUT2D eigenvalue weighted by Gasteiger charge is -2.12. The van der Waals surface area contributed by atoms with Gasteiger partial charge < -0.3 is 10.6 Å². The average Bonchev–Trinajstić information content (AvgIpc) is 2.70. The molecule has 0 spiro atoms. The molecule has 0 bridgehead atoms. The zero-order chi connectivity index (χ0) is 23.5. The Balaban J connectivity index is 1.91. The van der Waals surface area contributed by atoms with Crippen LogP contribution in [0.4, 0.5) is 24.5 Å².